The molecule has 2 aromatic carbocycles. The fourth-order valence-electron chi connectivity index (χ4n) is 2.62. The van der Waals surface area contributed by atoms with E-state index in [0.717, 1.165) is 5.56 Å². The Bertz CT molecular complexity index is 827. The van der Waals surface area contributed by atoms with Crippen molar-refractivity contribution in [3.63, 3.8) is 0 Å². The number of amides is 1. The highest BCUT2D eigenvalue weighted by molar-refractivity contribution is 7.85. The second-order valence-electron chi connectivity index (χ2n) is 6.59. The number of carbonyl (C=O) groups excluding carboxylic acids is 2. The maximum atomic E-state index is 12.4. The molecule has 0 aliphatic rings. The van der Waals surface area contributed by atoms with Crippen LogP contribution in [0.4, 0.5) is 0 Å². The van der Waals surface area contributed by atoms with E-state index in [0.29, 0.717) is 11.3 Å². The van der Waals surface area contributed by atoms with Crippen LogP contribution < -0.4 is 16.8 Å². The topological polar surface area (TPSA) is 136 Å². The summed E-state index contributed by atoms with van der Waals surface area (Å²) < 4.78 is 12.3. The first-order valence-corrected chi connectivity index (χ1v) is 10.2. The molecule has 0 aromatic heterocycles. The Kier molecular flexibility index (Phi) is 7.86. The lowest BCUT2D eigenvalue weighted by Crippen LogP contribution is -2.54. The maximum Gasteiger partial charge on any atom is 0.244 e. The molecule has 2 aromatic rings. The molecular weight excluding hydrogens is 378 g/mol. The van der Waals surface area contributed by atoms with Crippen LogP contribution in [0.1, 0.15) is 12.5 Å². The molecule has 0 saturated heterocycles. The lowest BCUT2D eigenvalue weighted by Gasteiger charge is -2.19. The Hall–Kier alpha value is -2.55. The van der Waals surface area contributed by atoms with Gasteiger partial charge in [-0.25, -0.2) is 0 Å². The highest BCUT2D eigenvalue weighted by Gasteiger charge is 2.28. The lowest BCUT2D eigenvalue weighted by molar-refractivity contribution is -0.131. The van der Waals surface area contributed by atoms with Gasteiger partial charge in [-0.2, -0.15) is 0 Å². The molecular formula is C20H25N3O4S. The zero-order valence-electron chi connectivity index (χ0n) is 15.6. The molecule has 0 aliphatic carbocycles. The molecule has 0 radical (unpaired) electrons. The number of hydrogen-bond donors (Lipinski definition) is 4. The number of aromatic hydroxyl groups is 1. The van der Waals surface area contributed by atoms with Crippen molar-refractivity contribution >= 4 is 22.5 Å². The van der Waals surface area contributed by atoms with E-state index in [1.54, 1.807) is 19.1 Å². The smallest absolute Gasteiger partial charge is 0.244 e. The van der Waals surface area contributed by atoms with E-state index in [-0.39, 0.29) is 11.5 Å². The quantitative estimate of drug-likeness (QED) is 0.450. The zero-order valence-corrected chi connectivity index (χ0v) is 16.4. The minimum Gasteiger partial charge on any atom is -0.508 e. The zero-order chi connectivity index (χ0) is 20.7. The highest BCUT2D eigenvalue weighted by Crippen LogP contribution is 2.13. The van der Waals surface area contributed by atoms with Gasteiger partial charge in [0.25, 0.3) is 0 Å². The summed E-state index contributed by atoms with van der Waals surface area (Å²) >= 11 is 0. The van der Waals surface area contributed by atoms with Crippen molar-refractivity contribution in [3.05, 3.63) is 60.2 Å². The standard InChI is InChI=1S/C20H25N3O4S/c1-13(12-28(27)16-9-7-15(24)8-10-16)23-20(26)18(22)19(25)17(21)11-14-5-3-2-4-6-14/h2-10,13,17-18,24H,11-12,21-22H2,1H3,(H,23,26)/t13-,17+,18?,28?/m1/s1. The van der Waals surface area contributed by atoms with Gasteiger partial charge in [0.05, 0.1) is 16.8 Å². The summed E-state index contributed by atoms with van der Waals surface area (Å²) in [7, 11) is -1.37. The van der Waals surface area contributed by atoms with E-state index in [1.165, 1.54) is 12.1 Å². The molecule has 7 nitrogen and oxygen atoms in total. The number of nitrogens with one attached hydrogen (secondary N) is 1. The molecule has 0 fully saturated rings. The van der Waals surface area contributed by atoms with Crippen molar-refractivity contribution in [3.8, 4) is 5.75 Å². The molecule has 2 unspecified atom stereocenters. The molecule has 0 saturated carbocycles. The predicted molar refractivity (Wildman–Crippen MR) is 108 cm³/mol. The van der Waals surface area contributed by atoms with Crippen molar-refractivity contribution in [1.82, 2.24) is 5.32 Å². The number of ketones is 1. The number of hydrogen-bond acceptors (Lipinski definition) is 6. The van der Waals surface area contributed by atoms with Crippen LogP contribution in [0.25, 0.3) is 0 Å². The number of carbonyl (C=O) groups is 2. The van der Waals surface area contributed by atoms with Crippen molar-refractivity contribution in [2.75, 3.05) is 5.75 Å². The Balaban J connectivity index is 1.87. The Labute approximate surface area is 166 Å². The molecule has 6 N–H and O–H groups in total. The van der Waals surface area contributed by atoms with Crippen molar-refractivity contribution in [2.24, 2.45) is 11.5 Å². The maximum absolute atomic E-state index is 12.4. The summed E-state index contributed by atoms with van der Waals surface area (Å²) in [5.41, 5.74) is 12.6. The fourth-order valence-corrected chi connectivity index (χ4v) is 3.79. The number of Topliss-reactive ketones (excluding diaryl/α,β-unsaturated/α-hetero) is 1. The summed E-state index contributed by atoms with van der Waals surface area (Å²) in [5.74, 6) is -0.969. The van der Waals surface area contributed by atoms with Crippen LogP contribution in [-0.4, -0.2) is 44.9 Å². The van der Waals surface area contributed by atoms with Crippen LogP contribution in [0.3, 0.4) is 0 Å². The van der Waals surface area contributed by atoms with Gasteiger partial charge in [0, 0.05) is 16.7 Å². The van der Waals surface area contributed by atoms with Gasteiger partial charge in [0.2, 0.25) is 5.91 Å². The number of nitrogens with two attached hydrogens (primary N) is 2. The summed E-state index contributed by atoms with van der Waals surface area (Å²) in [5, 5.41) is 11.9. The molecule has 0 heterocycles. The first kappa shape index (κ1) is 21.7. The third-order valence-electron chi connectivity index (χ3n) is 4.14. The second-order valence-corrected chi connectivity index (χ2v) is 8.09. The van der Waals surface area contributed by atoms with E-state index >= 15 is 0 Å². The molecule has 0 spiro atoms. The Morgan fingerprint density at radius 3 is 2.29 bits per heavy atom. The highest BCUT2D eigenvalue weighted by atomic mass is 32.2. The molecule has 1 amide bonds. The van der Waals surface area contributed by atoms with Crippen molar-refractivity contribution in [2.45, 2.75) is 36.4 Å². The predicted octanol–water partition coefficient (Wildman–Crippen LogP) is 0.471. The monoisotopic (exact) mass is 403 g/mol. The average molecular weight is 404 g/mol. The van der Waals surface area contributed by atoms with Gasteiger partial charge in [-0.1, -0.05) is 30.3 Å². The van der Waals surface area contributed by atoms with Crippen LogP contribution in [0.2, 0.25) is 0 Å². The lowest BCUT2D eigenvalue weighted by atomic mass is 9.98. The van der Waals surface area contributed by atoms with Crippen molar-refractivity contribution < 1.29 is 18.9 Å². The van der Waals surface area contributed by atoms with Gasteiger partial charge in [-0.15, -0.1) is 0 Å². The normalized spacial score (nSPS) is 15.2. The molecule has 8 heteroatoms. The first-order chi connectivity index (χ1) is 13.3. The van der Waals surface area contributed by atoms with Crippen LogP contribution >= 0.6 is 0 Å². The molecule has 150 valence electrons. The minimum atomic E-state index is -1.39. The molecule has 2 rings (SSSR count). The average Bonchev–Trinajstić information content (AvgIpc) is 2.67. The minimum absolute atomic E-state index is 0.0819. The van der Waals surface area contributed by atoms with Gasteiger partial charge in [0.1, 0.15) is 11.8 Å². The molecule has 4 atom stereocenters. The summed E-state index contributed by atoms with van der Waals surface area (Å²) in [6.07, 6.45) is 0.293. The van der Waals surface area contributed by atoms with Crippen LogP contribution in [0.5, 0.6) is 5.75 Å². The fraction of sp³-hybridized carbons (Fsp3) is 0.300. The summed E-state index contributed by atoms with van der Waals surface area (Å²) in [6, 6.07) is 12.5. The third-order valence-corrected chi connectivity index (χ3v) is 5.74. The number of phenols is 1. The molecule has 28 heavy (non-hydrogen) atoms. The van der Waals surface area contributed by atoms with Crippen molar-refractivity contribution in [1.29, 1.82) is 0 Å². The number of rotatable bonds is 9. The first-order valence-electron chi connectivity index (χ1n) is 8.84. The second kappa shape index (κ2) is 10.1. The number of phenolic OH excluding ortho intramolecular Hbond substituents is 1. The summed E-state index contributed by atoms with van der Waals surface area (Å²) in [4.78, 5) is 25.2. The van der Waals surface area contributed by atoms with Gasteiger partial charge in [-0.05, 0) is 43.2 Å². The van der Waals surface area contributed by atoms with Gasteiger partial charge in [0.15, 0.2) is 5.78 Å². The molecule has 0 aliphatic heterocycles. The van der Waals surface area contributed by atoms with Crippen LogP contribution in [0, 0.1) is 0 Å². The SMILES string of the molecule is C[C@H](CS(=O)c1ccc(O)cc1)NC(=O)C(N)C(=O)[C@@H](N)Cc1ccccc1. The van der Waals surface area contributed by atoms with Crippen LogP contribution in [0.15, 0.2) is 59.5 Å². The van der Waals surface area contributed by atoms with Crippen LogP contribution in [-0.2, 0) is 26.8 Å². The van der Waals surface area contributed by atoms with Gasteiger partial charge >= 0.3 is 0 Å². The number of benzene rings is 2. The Morgan fingerprint density at radius 1 is 1.07 bits per heavy atom. The van der Waals surface area contributed by atoms with E-state index < -0.39 is 40.6 Å². The Morgan fingerprint density at radius 2 is 1.68 bits per heavy atom. The van der Waals surface area contributed by atoms with E-state index in [2.05, 4.69) is 5.32 Å². The van der Waals surface area contributed by atoms with E-state index in [1.807, 2.05) is 30.3 Å². The third kappa shape index (κ3) is 6.26. The van der Waals surface area contributed by atoms with E-state index in [9.17, 15) is 18.9 Å². The summed E-state index contributed by atoms with van der Waals surface area (Å²) in [6.45, 7) is 1.68. The van der Waals surface area contributed by atoms with Gasteiger partial charge < -0.3 is 21.9 Å². The van der Waals surface area contributed by atoms with Gasteiger partial charge in [-0.3, -0.25) is 13.8 Å². The molecule has 0 bridgehead atoms. The van der Waals surface area contributed by atoms with E-state index in [4.69, 9.17) is 11.5 Å². The largest absolute Gasteiger partial charge is 0.508 e.